The predicted octanol–water partition coefficient (Wildman–Crippen LogP) is 4.45. The Hall–Kier alpha value is -2.83. The van der Waals surface area contributed by atoms with Crippen molar-refractivity contribution in [2.75, 3.05) is 24.6 Å². The summed E-state index contributed by atoms with van der Waals surface area (Å²) in [5, 5.41) is 2.70. The summed E-state index contributed by atoms with van der Waals surface area (Å²) in [4.78, 5) is 18.5. The summed E-state index contributed by atoms with van der Waals surface area (Å²) >= 11 is 0. The number of carbonyl (C=O) groups excluding carboxylic acids is 1. The molecule has 1 N–H and O–H groups in total. The number of nitrogens with one attached hydrogen (secondary N) is 1. The zero-order valence-corrected chi connectivity index (χ0v) is 19.0. The van der Waals surface area contributed by atoms with Crippen LogP contribution in [0.4, 0.5) is 10.1 Å². The van der Waals surface area contributed by atoms with E-state index in [1.54, 1.807) is 6.20 Å². The van der Waals surface area contributed by atoms with E-state index in [0.717, 1.165) is 43.1 Å². The number of nitrogens with zero attached hydrogens (tertiary/aromatic N) is 2. The third-order valence-electron chi connectivity index (χ3n) is 5.96. The second-order valence-electron chi connectivity index (χ2n) is 9.32. The number of rotatable bonds is 9. The Morgan fingerprint density at radius 2 is 2.00 bits per heavy atom. The lowest BCUT2D eigenvalue weighted by atomic mass is 10.1. The third kappa shape index (κ3) is 5.90. The first-order valence-electron chi connectivity index (χ1n) is 11.4. The minimum atomic E-state index is -1.90. The summed E-state index contributed by atoms with van der Waals surface area (Å²) in [6, 6.07) is 11.4. The first kappa shape index (κ1) is 22.4. The summed E-state index contributed by atoms with van der Waals surface area (Å²) in [7, 11) is 0. The summed E-state index contributed by atoms with van der Waals surface area (Å²) in [6.07, 6.45) is 5.34. The molecule has 4 rings (SSSR count). The van der Waals surface area contributed by atoms with Crippen molar-refractivity contribution in [3.8, 4) is 11.6 Å². The van der Waals surface area contributed by atoms with Crippen LogP contribution in [-0.2, 0) is 4.79 Å². The summed E-state index contributed by atoms with van der Waals surface area (Å²) in [6.45, 7) is 6.82. The van der Waals surface area contributed by atoms with Gasteiger partial charge in [-0.1, -0.05) is 12.1 Å². The van der Waals surface area contributed by atoms with Gasteiger partial charge in [-0.3, -0.25) is 4.79 Å². The molecular formula is C25H32FN3O3. The van der Waals surface area contributed by atoms with Crippen molar-refractivity contribution in [3.63, 3.8) is 0 Å². The predicted molar refractivity (Wildman–Crippen MR) is 122 cm³/mol. The topological polar surface area (TPSA) is 63.7 Å². The number of anilines is 1. The van der Waals surface area contributed by atoms with Crippen molar-refractivity contribution in [3.05, 3.63) is 48.2 Å². The van der Waals surface area contributed by atoms with Crippen LogP contribution in [0.25, 0.3) is 0 Å². The fourth-order valence-electron chi connectivity index (χ4n) is 3.70. The van der Waals surface area contributed by atoms with Crippen molar-refractivity contribution in [1.82, 2.24) is 10.3 Å². The average Bonchev–Trinajstić information content (AvgIpc) is 3.49. The molecule has 1 saturated carbocycles. The van der Waals surface area contributed by atoms with Crippen molar-refractivity contribution in [2.24, 2.45) is 5.92 Å². The Balaban J connectivity index is 1.29. The highest BCUT2D eigenvalue weighted by atomic mass is 19.1. The SMILES string of the molecule is C[C@H](NC(=O)C(C)(C)F)c1ccc(OC2CCN(c3ccnc(OCC4CC4)c3)C2)cc1. The van der Waals surface area contributed by atoms with E-state index in [0.29, 0.717) is 11.8 Å². The lowest BCUT2D eigenvalue weighted by Gasteiger charge is -2.21. The van der Waals surface area contributed by atoms with Gasteiger partial charge in [0.05, 0.1) is 19.2 Å². The Labute approximate surface area is 189 Å². The Kier molecular flexibility index (Phi) is 6.53. The molecule has 1 unspecified atom stereocenters. The molecule has 2 aliphatic rings. The molecular weight excluding hydrogens is 409 g/mol. The number of aromatic nitrogens is 1. The quantitative estimate of drug-likeness (QED) is 0.623. The fourth-order valence-corrected chi connectivity index (χ4v) is 3.70. The van der Waals surface area contributed by atoms with Gasteiger partial charge in [0, 0.05) is 30.9 Å². The molecule has 0 bridgehead atoms. The standard InChI is InChI=1S/C25H32FN3O3/c1-17(28-24(30)25(2,3)26)19-6-8-21(9-7-19)32-22-11-13-29(15-22)20-10-12-27-23(14-20)31-16-18-4-5-18/h6-10,12,14,17-18,22H,4-5,11,13,15-16H2,1-3H3,(H,28,30)/t17-,22?/m0/s1. The fraction of sp³-hybridized carbons (Fsp3) is 0.520. The van der Waals surface area contributed by atoms with Gasteiger partial charge in [-0.2, -0.15) is 0 Å². The van der Waals surface area contributed by atoms with Crippen molar-refractivity contribution in [1.29, 1.82) is 0 Å². The van der Waals surface area contributed by atoms with E-state index in [-0.39, 0.29) is 12.1 Å². The van der Waals surface area contributed by atoms with E-state index in [4.69, 9.17) is 9.47 Å². The second-order valence-corrected chi connectivity index (χ2v) is 9.32. The molecule has 2 heterocycles. The summed E-state index contributed by atoms with van der Waals surface area (Å²) in [5.74, 6) is 1.56. The number of halogens is 1. The van der Waals surface area contributed by atoms with Crippen molar-refractivity contribution < 1.29 is 18.7 Å². The Morgan fingerprint density at radius 1 is 1.25 bits per heavy atom. The summed E-state index contributed by atoms with van der Waals surface area (Å²) in [5.41, 5.74) is 0.107. The third-order valence-corrected chi connectivity index (χ3v) is 5.96. The van der Waals surface area contributed by atoms with Crippen LogP contribution in [0, 0.1) is 5.92 Å². The van der Waals surface area contributed by atoms with Gasteiger partial charge in [0.2, 0.25) is 5.88 Å². The van der Waals surface area contributed by atoms with Gasteiger partial charge in [-0.15, -0.1) is 0 Å². The molecule has 1 saturated heterocycles. The van der Waals surface area contributed by atoms with Gasteiger partial charge in [0.25, 0.3) is 5.91 Å². The molecule has 1 aromatic carbocycles. The molecule has 2 aromatic rings. The van der Waals surface area contributed by atoms with Crippen LogP contribution in [-0.4, -0.2) is 42.4 Å². The monoisotopic (exact) mass is 441 g/mol. The van der Waals surface area contributed by atoms with Crippen LogP contribution in [0.2, 0.25) is 0 Å². The zero-order chi connectivity index (χ0) is 22.7. The van der Waals surface area contributed by atoms with Crippen LogP contribution in [0.1, 0.15) is 51.6 Å². The lowest BCUT2D eigenvalue weighted by Crippen LogP contribution is -2.39. The van der Waals surface area contributed by atoms with E-state index < -0.39 is 11.6 Å². The number of carbonyl (C=O) groups is 1. The van der Waals surface area contributed by atoms with Gasteiger partial charge < -0.3 is 19.7 Å². The van der Waals surface area contributed by atoms with Gasteiger partial charge in [0.15, 0.2) is 5.67 Å². The zero-order valence-electron chi connectivity index (χ0n) is 19.0. The molecule has 1 aromatic heterocycles. The van der Waals surface area contributed by atoms with E-state index in [9.17, 15) is 9.18 Å². The minimum absolute atomic E-state index is 0.0920. The number of pyridine rings is 1. The number of ether oxygens (including phenoxy) is 2. The molecule has 0 radical (unpaired) electrons. The Morgan fingerprint density at radius 3 is 2.69 bits per heavy atom. The lowest BCUT2D eigenvalue weighted by molar-refractivity contribution is -0.131. The molecule has 1 amide bonds. The molecule has 32 heavy (non-hydrogen) atoms. The van der Waals surface area contributed by atoms with E-state index in [1.165, 1.54) is 26.7 Å². The van der Waals surface area contributed by atoms with Gasteiger partial charge in [-0.25, -0.2) is 9.37 Å². The van der Waals surface area contributed by atoms with Gasteiger partial charge in [0.1, 0.15) is 11.9 Å². The number of alkyl halides is 1. The smallest absolute Gasteiger partial charge is 0.257 e. The second kappa shape index (κ2) is 9.35. The largest absolute Gasteiger partial charge is 0.489 e. The van der Waals surface area contributed by atoms with Crippen LogP contribution < -0.4 is 19.7 Å². The normalized spacial score (nSPS) is 19.5. The van der Waals surface area contributed by atoms with Crippen molar-refractivity contribution >= 4 is 11.6 Å². The average molecular weight is 442 g/mol. The summed E-state index contributed by atoms with van der Waals surface area (Å²) < 4.78 is 25.7. The molecule has 1 aliphatic carbocycles. The molecule has 1 aliphatic heterocycles. The van der Waals surface area contributed by atoms with Crippen LogP contribution >= 0.6 is 0 Å². The van der Waals surface area contributed by atoms with E-state index in [2.05, 4.69) is 15.2 Å². The Bertz CT molecular complexity index is 925. The first-order chi connectivity index (χ1) is 15.3. The van der Waals surface area contributed by atoms with Gasteiger partial charge in [-0.05, 0) is 63.3 Å². The van der Waals surface area contributed by atoms with E-state index in [1.807, 2.05) is 43.3 Å². The number of amides is 1. The highest BCUT2D eigenvalue weighted by Crippen LogP contribution is 2.30. The molecule has 6 nitrogen and oxygen atoms in total. The highest BCUT2D eigenvalue weighted by molar-refractivity contribution is 5.84. The molecule has 172 valence electrons. The van der Waals surface area contributed by atoms with E-state index >= 15 is 0 Å². The van der Waals surface area contributed by atoms with Crippen LogP contribution in [0.5, 0.6) is 11.6 Å². The number of hydrogen-bond acceptors (Lipinski definition) is 5. The maximum absolute atomic E-state index is 13.8. The molecule has 7 heteroatoms. The maximum atomic E-state index is 13.8. The number of benzene rings is 1. The highest BCUT2D eigenvalue weighted by Gasteiger charge is 2.28. The van der Waals surface area contributed by atoms with Crippen molar-refractivity contribution in [2.45, 2.75) is 57.8 Å². The van der Waals surface area contributed by atoms with Crippen LogP contribution in [0.3, 0.4) is 0 Å². The number of hydrogen-bond donors (Lipinski definition) is 1. The maximum Gasteiger partial charge on any atom is 0.257 e. The van der Waals surface area contributed by atoms with Crippen LogP contribution in [0.15, 0.2) is 42.6 Å². The molecule has 0 spiro atoms. The molecule has 2 atom stereocenters. The minimum Gasteiger partial charge on any atom is -0.489 e. The molecule has 2 fully saturated rings. The first-order valence-corrected chi connectivity index (χ1v) is 11.4. The van der Waals surface area contributed by atoms with Gasteiger partial charge >= 0.3 is 0 Å².